The first-order valence-electron chi connectivity index (χ1n) is 7.67. The van der Waals surface area contributed by atoms with Gasteiger partial charge in [0.05, 0.1) is 0 Å². The molecule has 1 N–H and O–H groups in total. The zero-order chi connectivity index (χ0) is 14.6. The molecule has 1 aliphatic rings. The molecule has 0 bridgehead atoms. The van der Waals surface area contributed by atoms with Gasteiger partial charge in [0, 0.05) is 15.8 Å². The lowest BCUT2D eigenvalue weighted by atomic mass is 9.90. The second kappa shape index (κ2) is 7.20. The van der Waals surface area contributed by atoms with Crippen LogP contribution in [0.5, 0.6) is 0 Å². The normalized spacial score (nSPS) is 24.0. The molecule has 1 aromatic carbocycles. The van der Waals surface area contributed by atoms with E-state index in [1.165, 1.54) is 36.1 Å². The van der Waals surface area contributed by atoms with Crippen molar-refractivity contribution < 1.29 is 0 Å². The fourth-order valence-electron chi connectivity index (χ4n) is 2.94. The summed E-state index contributed by atoms with van der Waals surface area (Å²) in [5.41, 5.74) is 2.51. The van der Waals surface area contributed by atoms with Crippen LogP contribution >= 0.6 is 23.4 Å². The van der Waals surface area contributed by atoms with Crippen LogP contribution in [0.25, 0.3) is 0 Å². The van der Waals surface area contributed by atoms with Crippen LogP contribution in [0.4, 0.5) is 0 Å². The van der Waals surface area contributed by atoms with E-state index in [0.717, 1.165) is 18.0 Å². The van der Waals surface area contributed by atoms with Gasteiger partial charge in [0.15, 0.2) is 0 Å². The summed E-state index contributed by atoms with van der Waals surface area (Å²) >= 11 is 8.55. The molecule has 20 heavy (non-hydrogen) atoms. The largest absolute Gasteiger partial charge is 0.312 e. The van der Waals surface area contributed by atoms with Gasteiger partial charge in [0.25, 0.3) is 0 Å². The van der Waals surface area contributed by atoms with Gasteiger partial charge in [-0.2, -0.15) is 11.8 Å². The summed E-state index contributed by atoms with van der Waals surface area (Å²) < 4.78 is 0.351. The first-order chi connectivity index (χ1) is 9.55. The summed E-state index contributed by atoms with van der Waals surface area (Å²) in [6.45, 7) is 7.83. The molecule has 2 rings (SSSR count). The van der Waals surface area contributed by atoms with Crippen molar-refractivity contribution in [2.45, 2.75) is 57.2 Å². The molecule has 1 aromatic rings. The van der Waals surface area contributed by atoms with Crippen molar-refractivity contribution in [1.29, 1.82) is 0 Å². The van der Waals surface area contributed by atoms with Gasteiger partial charge in [-0.15, -0.1) is 0 Å². The van der Waals surface area contributed by atoms with Crippen LogP contribution in [0.2, 0.25) is 5.02 Å². The topological polar surface area (TPSA) is 12.0 Å². The molecule has 0 radical (unpaired) electrons. The highest BCUT2D eigenvalue weighted by Gasteiger charge is 2.37. The van der Waals surface area contributed by atoms with E-state index in [9.17, 15) is 0 Å². The Bertz CT molecular complexity index is 441. The molecule has 3 heteroatoms. The van der Waals surface area contributed by atoms with E-state index < -0.39 is 0 Å². The molecule has 1 fully saturated rings. The second-order valence-electron chi connectivity index (χ2n) is 6.07. The molecule has 0 aliphatic carbocycles. The van der Waals surface area contributed by atoms with E-state index in [1.807, 2.05) is 0 Å². The van der Waals surface area contributed by atoms with Crippen LogP contribution in [-0.2, 0) is 6.42 Å². The highest BCUT2D eigenvalue weighted by molar-refractivity contribution is 8.00. The average molecular weight is 312 g/mol. The molecular formula is C17H26ClNS. The van der Waals surface area contributed by atoms with E-state index in [0.29, 0.717) is 10.8 Å². The number of benzene rings is 1. The number of hydrogen-bond acceptors (Lipinski definition) is 2. The molecule has 0 saturated carbocycles. The molecule has 1 nitrogen and oxygen atoms in total. The van der Waals surface area contributed by atoms with Gasteiger partial charge in [-0.1, -0.05) is 30.7 Å². The van der Waals surface area contributed by atoms with E-state index in [-0.39, 0.29) is 0 Å². The fraction of sp³-hybridized carbons (Fsp3) is 0.647. The van der Waals surface area contributed by atoms with Gasteiger partial charge in [-0.3, -0.25) is 0 Å². The van der Waals surface area contributed by atoms with Crippen molar-refractivity contribution in [3.8, 4) is 0 Å². The smallest absolute Gasteiger partial charge is 0.0441 e. The van der Waals surface area contributed by atoms with Gasteiger partial charge in [-0.05, 0) is 69.0 Å². The Morgan fingerprint density at radius 3 is 2.85 bits per heavy atom. The number of nitrogens with one attached hydrogen (secondary N) is 1. The SMILES string of the molecule is CCCNC(Cc1ccc(C)cc1Cl)C1(C)CCCS1. The lowest BCUT2D eigenvalue weighted by Crippen LogP contribution is -2.47. The molecule has 2 atom stereocenters. The van der Waals surface area contributed by atoms with Crippen LogP contribution in [0.3, 0.4) is 0 Å². The Balaban J connectivity index is 2.14. The van der Waals surface area contributed by atoms with Gasteiger partial charge in [0.1, 0.15) is 0 Å². The standard InChI is InChI=1S/C17H26ClNS/c1-4-9-19-16(17(3)8-5-10-20-17)12-14-7-6-13(2)11-15(14)18/h6-7,11,16,19H,4-5,8-10,12H2,1-3H3. The van der Waals surface area contributed by atoms with Gasteiger partial charge >= 0.3 is 0 Å². The first kappa shape index (κ1) is 16.2. The molecule has 1 aliphatic heterocycles. The second-order valence-corrected chi connectivity index (χ2v) is 8.11. The monoisotopic (exact) mass is 311 g/mol. The number of aryl methyl sites for hydroxylation is 1. The van der Waals surface area contributed by atoms with Crippen molar-refractivity contribution in [2.75, 3.05) is 12.3 Å². The van der Waals surface area contributed by atoms with E-state index in [4.69, 9.17) is 11.6 Å². The third-order valence-corrected chi connectivity index (χ3v) is 6.25. The Morgan fingerprint density at radius 2 is 2.25 bits per heavy atom. The molecule has 0 spiro atoms. The van der Waals surface area contributed by atoms with Crippen LogP contribution in [0.15, 0.2) is 18.2 Å². The Morgan fingerprint density at radius 1 is 1.45 bits per heavy atom. The highest BCUT2D eigenvalue weighted by atomic mass is 35.5. The fourth-order valence-corrected chi connectivity index (χ4v) is 4.66. The Labute approximate surface area is 132 Å². The van der Waals surface area contributed by atoms with E-state index in [1.54, 1.807) is 0 Å². The maximum absolute atomic E-state index is 6.43. The quantitative estimate of drug-likeness (QED) is 0.806. The summed E-state index contributed by atoms with van der Waals surface area (Å²) in [6, 6.07) is 6.96. The lowest BCUT2D eigenvalue weighted by molar-refractivity contribution is 0.399. The highest BCUT2D eigenvalue weighted by Crippen LogP contribution is 2.41. The molecule has 1 heterocycles. The molecule has 0 amide bonds. The number of halogens is 1. The minimum absolute atomic E-state index is 0.351. The van der Waals surface area contributed by atoms with Gasteiger partial charge in [0.2, 0.25) is 0 Å². The lowest BCUT2D eigenvalue weighted by Gasteiger charge is -2.34. The summed E-state index contributed by atoms with van der Waals surface area (Å²) in [4.78, 5) is 0. The number of hydrogen-bond donors (Lipinski definition) is 1. The van der Waals surface area contributed by atoms with Crippen molar-refractivity contribution in [2.24, 2.45) is 0 Å². The predicted molar refractivity (Wildman–Crippen MR) is 92.1 cm³/mol. The van der Waals surface area contributed by atoms with E-state index in [2.05, 4.69) is 56.0 Å². The zero-order valence-electron chi connectivity index (χ0n) is 12.8. The maximum atomic E-state index is 6.43. The van der Waals surface area contributed by atoms with Crippen molar-refractivity contribution >= 4 is 23.4 Å². The molecular weight excluding hydrogens is 286 g/mol. The zero-order valence-corrected chi connectivity index (χ0v) is 14.4. The number of thioether (sulfide) groups is 1. The van der Waals surface area contributed by atoms with Crippen molar-refractivity contribution in [3.63, 3.8) is 0 Å². The van der Waals surface area contributed by atoms with Crippen molar-refractivity contribution in [1.82, 2.24) is 5.32 Å². The first-order valence-corrected chi connectivity index (χ1v) is 9.04. The predicted octanol–water partition coefficient (Wildman–Crippen LogP) is 4.84. The molecule has 0 aromatic heterocycles. The number of rotatable bonds is 6. The average Bonchev–Trinajstić information content (AvgIpc) is 2.84. The summed E-state index contributed by atoms with van der Waals surface area (Å²) in [7, 11) is 0. The summed E-state index contributed by atoms with van der Waals surface area (Å²) in [5.74, 6) is 1.29. The van der Waals surface area contributed by atoms with Crippen LogP contribution in [0, 0.1) is 6.92 Å². The van der Waals surface area contributed by atoms with E-state index >= 15 is 0 Å². The molecule has 112 valence electrons. The maximum Gasteiger partial charge on any atom is 0.0441 e. The van der Waals surface area contributed by atoms with Crippen molar-refractivity contribution in [3.05, 3.63) is 34.3 Å². The van der Waals surface area contributed by atoms with Crippen LogP contribution in [0.1, 0.15) is 44.2 Å². The minimum Gasteiger partial charge on any atom is -0.312 e. The third kappa shape index (κ3) is 3.93. The Hall–Kier alpha value is -0.180. The summed E-state index contributed by atoms with van der Waals surface area (Å²) in [6.07, 6.45) is 4.86. The summed E-state index contributed by atoms with van der Waals surface area (Å²) in [5, 5.41) is 4.68. The minimum atomic E-state index is 0.351. The molecule has 2 unspecified atom stereocenters. The third-order valence-electron chi connectivity index (χ3n) is 4.26. The van der Waals surface area contributed by atoms with Crippen LogP contribution < -0.4 is 5.32 Å². The Kier molecular flexibility index (Phi) is 5.83. The van der Waals surface area contributed by atoms with Gasteiger partial charge in [-0.25, -0.2) is 0 Å². The van der Waals surface area contributed by atoms with Gasteiger partial charge < -0.3 is 5.32 Å². The molecule has 1 saturated heterocycles. The van der Waals surface area contributed by atoms with Crippen LogP contribution in [-0.4, -0.2) is 23.1 Å².